The fourth-order valence-electron chi connectivity index (χ4n) is 1.73. The van der Waals surface area contributed by atoms with Crippen molar-refractivity contribution < 1.29 is 4.84 Å². The van der Waals surface area contributed by atoms with Crippen LogP contribution in [0.25, 0.3) is 0 Å². The van der Waals surface area contributed by atoms with Crippen molar-refractivity contribution in [2.75, 3.05) is 6.54 Å². The Labute approximate surface area is 81.0 Å². The minimum atomic E-state index is -0.109. The molecule has 1 saturated carbocycles. The topological polar surface area (TPSA) is 47.3 Å². The molecule has 0 heterocycles. The summed E-state index contributed by atoms with van der Waals surface area (Å²) in [7, 11) is 0. The molecular weight excluding hydrogens is 164 g/mol. The monoisotopic (exact) mass is 186 g/mol. The van der Waals surface area contributed by atoms with E-state index in [-0.39, 0.29) is 5.60 Å². The number of hydrogen-bond donors (Lipinski definition) is 2. The van der Waals surface area contributed by atoms with E-state index >= 15 is 0 Å². The molecule has 78 valence electrons. The molecule has 2 atom stereocenters. The second-order valence-electron chi connectivity index (χ2n) is 4.87. The van der Waals surface area contributed by atoms with Gasteiger partial charge in [0.15, 0.2) is 0 Å². The van der Waals surface area contributed by atoms with Crippen molar-refractivity contribution in [3.05, 3.63) is 0 Å². The van der Waals surface area contributed by atoms with Crippen LogP contribution >= 0.6 is 0 Å². The number of hydrogen-bond acceptors (Lipinski definition) is 3. The summed E-state index contributed by atoms with van der Waals surface area (Å²) < 4.78 is 0. The lowest BCUT2D eigenvalue weighted by atomic mass is 10.1. The molecule has 1 fully saturated rings. The Morgan fingerprint density at radius 3 is 2.62 bits per heavy atom. The summed E-state index contributed by atoms with van der Waals surface area (Å²) >= 11 is 0. The van der Waals surface area contributed by atoms with Gasteiger partial charge in [0.25, 0.3) is 0 Å². The van der Waals surface area contributed by atoms with Crippen LogP contribution in [0, 0.1) is 5.92 Å². The van der Waals surface area contributed by atoms with Crippen LogP contribution in [0.15, 0.2) is 0 Å². The first-order chi connectivity index (χ1) is 6.03. The van der Waals surface area contributed by atoms with E-state index in [1.807, 2.05) is 20.8 Å². The molecule has 0 aromatic rings. The Morgan fingerprint density at radius 2 is 2.08 bits per heavy atom. The van der Waals surface area contributed by atoms with Crippen LogP contribution in [-0.2, 0) is 4.84 Å². The summed E-state index contributed by atoms with van der Waals surface area (Å²) in [6.45, 7) is 6.91. The fraction of sp³-hybridized carbons (Fsp3) is 1.00. The van der Waals surface area contributed by atoms with Crippen molar-refractivity contribution in [2.24, 2.45) is 11.7 Å². The predicted octanol–water partition coefficient (Wildman–Crippen LogP) is 1.43. The molecule has 2 unspecified atom stereocenters. The molecule has 0 spiro atoms. The number of nitrogens with two attached hydrogens (primary N) is 1. The Morgan fingerprint density at radius 1 is 1.38 bits per heavy atom. The largest absolute Gasteiger partial charge is 0.330 e. The van der Waals surface area contributed by atoms with E-state index in [0.29, 0.717) is 12.0 Å². The van der Waals surface area contributed by atoms with E-state index in [1.165, 1.54) is 19.3 Å². The third kappa shape index (κ3) is 3.63. The molecule has 1 aliphatic carbocycles. The minimum Gasteiger partial charge on any atom is -0.330 e. The summed E-state index contributed by atoms with van der Waals surface area (Å²) in [4.78, 5) is 5.54. The van der Waals surface area contributed by atoms with Crippen molar-refractivity contribution in [2.45, 2.75) is 51.7 Å². The summed E-state index contributed by atoms with van der Waals surface area (Å²) in [6, 6.07) is 0.462. The first-order valence-electron chi connectivity index (χ1n) is 5.16. The second kappa shape index (κ2) is 4.40. The maximum absolute atomic E-state index is 5.67. The van der Waals surface area contributed by atoms with Gasteiger partial charge in [-0.2, -0.15) is 5.48 Å². The van der Waals surface area contributed by atoms with E-state index in [0.717, 1.165) is 6.54 Å². The van der Waals surface area contributed by atoms with Crippen LogP contribution in [0.4, 0.5) is 0 Å². The zero-order chi connectivity index (χ0) is 9.90. The molecule has 1 rings (SSSR count). The minimum absolute atomic E-state index is 0.109. The van der Waals surface area contributed by atoms with E-state index in [1.54, 1.807) is 0 Å². The third-order valence-electron chi connectivity index (χ3n) is 2.48. The molecule has 3 N–H and O–H groups in total. The van der Waals surface area contributed by atoms with Gasteiger partial charge in [-0.1, -0.05) is 6.42 Å². The van der Waals surface area contributed by atoms with Crippen LogP contribution in [0.3, 0.4) is 0 Å². The van der Waals surface area contributed by atoms with Crippen molar-refractivity contribution in [1.29, 1.82) is 0 Å². The summed E-state index contributed by atoms with van der Waals surface area (Å²) in [5.41, 5.74) is 8.70. The average molecular weight is 186 g/mol. The number of nitrogens with one attached hydrogen (secondary N) is 1. The number of rotatable bonds is 3. The van der Waals surface area contributed by atoms with E-state index in [2.05, 4.69) is 5.48 Å². The SMILES string of the molecule is CC(C)(C)ONC1CCCC1CN. The smallest absolute Gasteiger partial charge is 0.0813 e. The molecule has 0 aromatic carbocycles. The van der Waals surface area contributed by atoms with Gasteiger partial charge in [-0.05, 0) is 46.1 Å². The highest BCUT2D eigenvalue weighted by Gasteiger charge is 2.27. The quantitative estimate of drug-likeness (QED) is 0.656. The van der Waals surface area contributed by atoms with Gasteiger partial charge in [-0.15, -0.1) is 0 Å². The first-order valence-corrected chi connectivity index (χ1v) is 5.16. The maximum atomic E-state index is 5.67. The van der Waals surface area contributed by atoms with Gasteiger partial charge in [-0.3, -0.25) is 4.84 Å². The van der Waals surface area contributed by atoms with Gasteiger partial charge >= 0.3 is 0 Å². The van der Waals surface area contributed by atoms with Gasteiger partial charge in [0, 0.05) is 6.04 Å². The molecule has 0 saturated heterocycles. The van der Waals surface area contributed by atoms with Crippen LogP contribution in [0.1, 0.15) is 40.0 Å². The first kappa shape index (κ1) is 11.0. The summed E-state index contributed by atoms with van der Waals surface area (Å²) in [5, 5.41) is 0. The highest BCUT2D eigenvalue weighted by Crippen LogP contribution is 2.25. The Bertz CT molecular complexity index is 153. The lowest BCUT2D eigenvalue weighted by Gasteiger charge is -2.25. The molecule has 0 aromatic heterocycles. The van der Waals surface area contributed by atoms with Crippen LogP contribution in [-0.4, -0.2) is 18.2 Å². The predicted molar refractivity (Wildman–Crippen MR) is 54.2 cm³/mol. The van der Waals surface area contributed by atoms with Gasteiger partial charge < -0.3 is 5.73 Å². The molecular formula is C10H22N2O. The molecule has 13 heavy (non-hydrogen) atoms. The van der Waals surface area contributed by atoms with Gasteiger partial charge in [0.05, 0.1) is 5.60 Å². The maximum Gasteiger partial charge on any atom is 0.0813 e. The van der Waals surface area contributed by atoms with Crippen LogP contribution < -0.4 is 11.2 Å². The lowest BCUT2D eigenvalue weighted by Crippen LogP contribution is -2.40. The molecule has 3 heteroatoms. The zero-order valence-corrected chi connectivity index (χ0v) is 8.97. The summed E-state index contributed by atoms with van der Waals surface area (Å²) in [6.07, 6.45) is 3.70. The Hall–Kier alpha value is -0.120. The molecule has 0 bridgehead atoms. The standard InChI is InChI=1S/C10H22N2O/c1-10(2,3)13-12-9-6-4-5-8(9)7-11/h8-9,12H,4-7,11H2,1-3H3. The fourth-order valence-corrected chi connectivity index (χ4v) is 1.73. The highest BCUT2D eigenvalue weighted by molar-refractivity contribution is 4.81. The zero-order valence-electron chi connectivity index (χ0n) is 8.97. The molecule has 1 aliphatic rings. The average Bonchev–Trinajstić information content (AvgIpc) is 2.46. The normalized spacial score (nSPS) is 29.5. The van der Waals surface area contributed by atoms with Crippen molar-refractivity contribution >= 4 is 0 Å². The molecule has 0 radical (unpaired) electrons. The highest BCUT2D eigenvalue weighted by atomic mass is 16.7. The van der Waals surface area contributed by atoms with Crippen molar-refractivity contribution in [1.82, 2.24) is 5.48 Å². The Balaban J connectivity index is 2.28. The lowest BCUT2D eigenvalue weighted by molar-refractivity contribution is -0.0926. The van der Waals surface area contributed by atoms with E-state index in [9.17, 15) is 0 Å². The van der Waals surface area contributed by atoms with Crippen molar-refractivity contribution in [3.63, 3.8) is 0 Å². The van der Waals surface area contributed by atoms with Gasteiger partial charge in [-0.25, -0.2) is 0 Å². The molecule has 3 nitrogen and oxygen atoms in total. The van der Waals surface area contributed by atoms with Gasteiger partial charge in [0.1, 0.15) is 0 Å². The second-order valence-corrected chi connectivity index (χ2v) is 4.87. The van der Waals surface area contributed by atoms with E-state index in [4.69, 9.17) is 10.6 Å². The Kier molecular flexibility index (Phi) is 3.71. The third-order valence-corrected chi connectivity index (χ3v) is 2.48. The van der Waals surface area contributed by atoms with Crippen LogP contribution in [0.5, 0.6) is 0 Å². The van der Waals surface area contributed by atoms with Crippen molar-refractivity contribution in [3.8, 4) is 0 Å². The van der Waals surface area contributed by atoms with Gasteiger partial charge in [0.2, 0.25) is 0 Å². The van der Waals surface area contributed by atoms with E-state index < -0.39 is 0 Å². The molecule has 0 aliphatic heterocycles. The van der Waals surface area contributed by atoms with Crippen LogP contribution in [0.2, 0.25) is 0 Å². The summed E-state index contributed by atoms with van der Waals surface area (Å²) in [5.74, 6) is 0.599. The molecule has 0 amide bonds. The number of hydroxylamine groups is 1.